The third-order valence-electron chi connectivity index (χ3n) is 5.39. The van der Waals surface area contributed by atoms with Crippen LogP contribution >= 0.6 is 0 Å². The van der Waals surface area contributed by atoms with Gasteiger partial charge in [0, 0.05) is 12.6 Å². The van der Waals surface area contributed by atoms with Crippen molar-refractivity contribution >= 4 is 5.91 Å². The molecule has 1 atom stereocenters. The van der Waals surface area contributed by atoms with Crippen molar-refractivity contribution in [1.82, 2.24) is 10.2 Å². The van der Waals surface area contributed by atoms with Crippen molar-refractivity contribution in [1.29, 1.82) is 0 Å². The van der Waals surface area contributed by atoms with Crippen molar-refractivity contribution in [2.24, 2.45) is 0 Å². The van der Waals surface area contributed by atoms with Crippen molar-refractivity contribution in [3.8, 4) is 11.5 Å². The molecule has 1 fully saturated rings. The van der Waals surface area contributed by atoms with E-state index in [0.717, 1.165) is 42.0 Å². The molecule has 1 unspecified atom stereocenters. The van der Waals surface area contributed by atoms with Crippen LogP contribution in [-0.2, 0) is 11.3 Å². The van der Waals surface area contributed by atoms with Gasteiger partial charge in [-0.15, -0.1) is 0 Å². The maximum atomic E-state index is 13.7. The Hall–Kier alpha value is -2.60. The monoisotopic (exact) mass is 384 g/mol. The van der Waals surface area contributed by atoms with Gasteiger partial charge in [-0.05, 0) is 61.2 Å². The van der Waals surface area contributed by atoms with E-state index in [4.69, 9.17) is 9.47 Å². The van der Waals surface area contributed by atoms with Crippen molar-refractivity contribution in [2.45, 2.75) is 32.4 Å². The molecule has 0 bridgehead atoms. The summed E-state index contributed by atoms with van der Waals surface area (Å²) in [5.74, 6) is 1.26. The minimum Gasteiger partial charge on any atom is -0.486 e. The molecule has 2 aliphatic rings. The second-order valence-electron chi connectivity index (χ2n) is 7.39. The SMILES string of the molecule is Cc1ccc(CNC(=O)CN2CCCC2c2ccc3c(c2)OCCO3)cc1F. The Kier molecular flexibility index (Phi) is 5.48. The van der Waals surface area contributed by atoms with Gasteiger partial charge in [0.25, 0.3) is 0 Å². The molecule has 148 valence electrons. The first kappa shape index (κ1) is 18.7. The second kappa shape index (κ2) is 8.19. The second-order valence-corrected chi connectivity index (χ2v) is 7.39. The summed E-state index contributed by atoms with van der Waals surface area (Å²) in [6, 6.07) is 11.3. The number of benzene rings is 2. The van der Waals surface area contributed by atoms with E-state index in [2.05, 4.69) is 16.3 Å². The lowest BCUT2D eigenvalue weighted by molar-refractivity contribution is -0.122. The number of likely N-dealkylation sites (tertiary alicyclic amines) is 1. The van der Waals surface area contributed by atoms with Gasteiger partial charge in [0.15, 0.2) is 11.5 Å². The van der Waals surface area contributed by atoms with E-state index < -0.39 is 0 Å². The van der Waals surface area contributed by atoms with E-state index in [1.165, 1.54) is 6.07 Å². The molecule has 0 spiro atoms. The molecule has 1 saturated heterocycles. The maximum Gasteiger partial charge on any atom is 0.234 e. The van der Waals surface area contributed by atoms with Gasteiger partial charge < -0.3 is 14.8 Å². The van der Waals surface area contributed by atoms with E-state index in [1.54, 1.807) is 13.0 Å². The molecule has 0 aromatic heterocycles. The van der Waals surface area contributed by atoms with Gasteiger partial charge in [0.05, 0.1) is 6.54 Å². The summed E-state index contributed by atoms with van der Waals surface area (Å²) in [4.78, 5) is 14.6. The molecule has 2 aliphatic heterocycles. The molecule has 1 N–H and O–H groups in total. The number of carbonyl (C=O) groups excluding carboxylic acids is 1. The van der Waals surface area contributed by atoms with Crippen molar-refractivity contribution in [2.75, 3.05) is 26.3 Å². The number of fused-ring (bicyclic) bond motifs is 1. The van der Waals surface area contributed by atoms with Gasteiger partial charge in [0.2, 0.25) is 5.91 Å². The lowest BCUT2D eigenvalue weighted by Gasteiger charge is -2.26. The number of carbonyl (C=O) groups is 1. The van der Waals surface area contributed by atoms with Gasteiger partial charge in [-0.1, -0.05) is 18.2 Å². The molecule has 0 radical (unpaired) electrons. The van der Waals surface area contributed by atoms with Crippen LogP contribution in [0.25, 0.3) is 0 Å². The van der Waals surface area contributed by atoms with E-state index in [9.17, 15) is 9.18 Å². The number of nitrogens with zero attached hydrogens (tertiary/aromatic N) is 1. The zero-order valence-corrected chi connectivity index (χ0v) is 16.0. The van der Waals surface area contributed by atoms with Gasteiger partial charge in [0.1, 0.15) is 19.0 Å². The highest BCUT2D eigenvalue weighted by molar-refractivity contribution is 5.78. The number of ether oxygens (including phenoxy) is 2. The minimum absolute atomic E-state index is 0.0505. The third-order valence-corrected chi connectivity index (χ3v) is 5.39. The number of halogens is 1. The molecule has 2 aromatic carbocycles. The fourth-order valence-electron chi connectivity index (χ4n) is 3.85. The van der Waals surface area contributed by atoms with E-state index in [0.29, 0.717) is 31.9 Å². The highest BCUT2D eigenvalue weighted by Gasteiger charge is 2.28. The Bertz CT molecular complexity index is 871. The first-order valence-electron chi connectivity index (χ1n) is 9.75. The lowest BCUT2D eigenvalue weighted by Crippen LogP contribution is -2.36. The average Bonchev–Trinajstić information content (AvgIpc) is 3.16. The normalized spacial score (nSPS) is 18.9. The summed E-state index contributed by atoms with van der Waals surface area (Å²) in [7, 11) is 0. The summed E-state index contributed by atoms with van der Waals surface area (Å²) in [6.07, 6.45) is 2.06. The third kappa shape index (κ3) is 4.12. The molecule has 1 amide bonds. The molecular formula is C22H25FN2O3. The zero-order valence-electron chi connectivity index (χ0n) is 16.0. The Morgan fingerprint density at radius 3 is 2.82 bits per heavy atom. The lowest BCUT2D eigenvalue weighted by atomic mass is 10.0. The highest BCUT2D eigenvalue weighted by atomic mass is 19.1. The van der Waals surface area contributed by atoms with Crippen molar-refractivity contribution < 1.29 is 18.7 Å². The van der Waals surface area contributed by atoms with Gasteiger partial charge in [-0.3, -0.25) is 9.69 Å². The first-order valence-corrected chi connectivity index (χ1v) is 9.75. The molecule has 2 heterocycles. The fourth-order valence-corrected chi connectivity index (χ4v) is 3.85. The Morgan fingerprint density at radius 1 is 1.18 bits per heavy atom. The molecule has 28 heavy (non-hydrogen) atoms. The molecule has 0 aliphatic carbocycles. The standard InChI is InChI=1S/C22H25FN2O3/c1-15-4-5-16(11-18(15)23)13-24-22(26)14-25-8-2-3-19(25)17-6-7-20-21(12-17)28-10-9-27-20/h4-7,11-12,19H,2-3,8-10,13-14H2,1H3,(H,24,26). The average molecular weight is 384 g/mol. The van der Waals surface area contributed by atoms with Crippen LogP contribution in [0.2, 0.25) is 0 Å². The molecule has 6 heteroatoms. The number of nitrogens with one attached hydrogen (secondary N) is 1. The first-order chi connectivity index (χ1) is 13.6. The summed E-state index contributed by atoms with van der Waals surface area (Å²) in [6.45, 7) is 4.40. The van der Waals surface area contributed by atoms with E-state index >= 15 is 0 Å². The minimum atomic E-state index is -0.245. The quantitative estimate of drug-likeness (QED) is 0.859. The van der Waals surface area contributed by atoms with Crippen LogP contribution < -0.4 is 14.8 Å². The van der Waals surface area contributed by atoms with E-state index in [-0.39, 0.29) is 17.8 Å². The predicted molar refractivity (Wildman–Crippen MR) is 104 cm³/mol. The summed E-state index contributed by atoms with van der Waals surface area (Å²) < 4.78 is 24.9. The smallest absolute Gasteiger partial charge is 0.234 e. The van der Waals surface area contributed by atoms with Crippen LogP contribution in [0, 0.1) is 12.7 Å². The Labute approximate surface area is 164 Å². The molecular weight excluding hydrogens is 359 g/mol. The van der Waals surface area contributed by atoms with Crippen LogP contribution in [0.1, 0.15) is 35.6 Å². The largest absolute Gasteiger partial charge is 0.486 e. The van der Waals surface area contributed by atoms with Crippen LogP contribution in [0.4, 0.5) is 4.39 Å². The Balaban J connectivity index is 1.37. The maximum absolute atomic E-state index is 13.7. The molecule has 5 nitrogen and oxygen atoms in total. The summed E-state index contributed by atoms with van der Waals surface area (Å²) in [5.41, 5.74) is 2.52. The topological polar surface area (TPSA) is 50.8 Å². The number of hydrogen-bond acceptors (Lipinski definition) is 4. The van der Waals surface area contributed by atoms with Crippen molar-refractivity contribution in [3.05, 3.63) is 58.9 Å². The predicted octanol–water partition coefficient (Wildman–Crippen LogP) is 3.36. The molecule has 0 saturated carbocycles. The summed E-state index contributed by atoms with van der Waals surface area (Å²) in [5, 5.41) is 2.90. The number of amides is 1. The highest BCUT2D eigenvalue weighted by Crippen LogP contribution is 2.37. The van der Waals surface area contributed by atoms with Gasteiger partial charge in [-0.25, -0.2) is 4.39 Å². The number of hydrogen-bond donors (Lipinski definition) is 1. The van der Waals surface area contributed by atoms with Crippen LogP contribution in [0.5, 0.6) is 11.5 Å². The summed E-state index contributed by atoms with van der Waals surface area (Å²) >= 11 is 0. The number of aryl methyl sites for hydroxylation is 1. The van der Waals surface area contributed by atoms with Crippen LogP contribution in [-0.4, -0.2) is 37.1 Å². The van der Waals surface area contributed by atoms with Crippen molar-refractivity contribution in [3.63, 3.8) is 0 Å². The molecule has 4 rings (SSSR count). The van der Waals surface area contributed by atoms with E-state index in [1.807, 2.05) is 18.2 Å². The number of rotatable bonds is 5. The molecule has 2 aromatic rings. The zero-order chi connectivity index (χ0) is 19.5. The van der Waals surface area contributed by atoms with Crippen LogP contribution in [0.15, 0.2) is 36.4 Å². The van der Waals surface area contributed by atoms with Gasteiger partial charge >= 0.3 is 0 Å². The Morgan fingerprint density at radius 2 is 2.00 bits per heavy atom. The van der Waals surface area contributed by atoms with Gasteiger partial charge in [-0.2, -0.15) is 0 Å². The fraction of sp³-hybridized carbons (Fsp3) is 0.409. The van der Waals surface area contributed by atoms with Crippen LogP contribution in [0.3, 0.4) is 0 Å².